The summed E-state index contributed by atoms with van der Waals surface area (Å²) in [6.45, 7) is 0. The van der Waals surface area contributed by atoms with Crippen LogP contribution in [0.2, 0.25) is 5.15 Å². The van der Waals surface area contributed by atoms with Crippen LogP contribution >= 0.6 is 11.6 Å². The van der Waals surface area contributed by atoms with Crippen molar-refractivity contribution in [2.24, 2.45) is 0 Å². The molecule has 2 N–H and O–H groups in total. The summed E-state index contributed by atoms with van der Waals surface area (Å²) in [5.41, 5.74) is 0.936. The van der Waals surface area contributed by atoms with E-state index < -0.39 is 0 Å². The molecule has 86 valence electrons. The van der Waals surface area contributed by atoms with Crippen LogP contribution in [0.3, 0.4) is 0 Å². The number of fused-ring (bicyclic) bond motifs is 1. The first-order chi connectivity index (χ1) is 8.20. The quantitative estimate of drug-likeness (QED) is 0.635. The Kier molecular flexibility index (Phi) is 3.21. The van der Waals surface area contributed by atoms with Crippen LogP contribution in [0, 0.1) is 12.3 Å². The first-order valence-corrected chi connectivity index (χ1v) is 5.18. The summed E-state index contributed by atoms with van der Waals surface area (Å²) in [7, 11) is 0. The highest BCUT2D eigenvalue weighted by Crippen LogP contribution is 2.18. The number of H-pyrrole nitrogens is 1. The van der Waals surface area contributed by atoms with E-state index in [1.165, 1.54) is 6.33 Å². The number of hydrogen-bond donors (Lipinski definition) is 2. The summed E-state index contributed by atoms with van der Waals surface area (Å²) in [4.78, 5) is 26.1. The molecule has 0 aliphatic rings. The van der Waals surface area contributed by atoms with Crippen molar-refractivity contribution >= 4 is 34.6 Å². The SMILES string of the molecule is C#CCCC(=O)Nc1nc(Cl)c2[nH]cnc2n1. The van der Waals surface area contributed by atoms with Crippen LogP contribution in [-0.2, 0) is 4.79 Å². The van der Waals surface area contributed by atoms with Gasteiger partial charge in [0.2, 0.25) is 11.9 Å². The monoisotopic (exact) mass is 249 g/mol. The second kappa shape index (κ2) is 4.80. The molecule has 0 saturated carbocycles. The van der Waals surface area contributed by atoms with Gasteiger partial charge >= 0.3 is 0 Å². The number of amides is 1. The Hall–Kier alpha value is -2.13. The molecule has 17 heavy (non-hydrogen) atoms. The summed E-state index contributed by atoms with van der Waals surface area (Å²) < 4.78 is 0. The number of terminal acetylenes is 1. The average Bonchev–Trinajstić information content (AvgIpc) is 2.75. The number of aromatic amines is 1. The molecule has 0 aliphatic carbocycles. The van der Waals surface area contributed by atoms with Crippen molar-refractivity contribution < 1.29 is 4.79 Å². The first-order valence-electron chi connectivity index (χ1n) is 4.80. The van der Waals surface area contributed by atoms with E-state index in [1.807, 2.05) is 0 Å². The Bertz CT molecular complexity index is 600. The summed E-state index contributed by atoms with van der Waals surface area (Å²) in [5, 5.41) is 2.71. The maximum Gasteiger partial charge on any atom is 0.233 e. The van der Waals surface area contributed by atoms with Gasteiger partial charge in [-0.1, -0.05) is 11.6 Å². The van der Waals surface area contributed by atoms with Gasteiger partial charge in [0.1, 0.15) is 5.52 Å². The van der Waals surface area contributed by atoms with Crippen LogP contribution in [0.5, 0.6) is 0 Å². The summed E-state index contributed by atoms with van der Waals surface area (Å²) in [5.74, 6) is 2.24. The number of nitrogens with one attached hydrogen (secondary N) is 2. The van der Waals surface area contributed by atoms with E-state index in [0.717, 1.165) is 0 Å². The van der Waals surface area contributed by atoms with Gasteiger partial charge in [0.05, 0.1) is 6.33 Å². The van der Waals surface area contributed by atoms with E-state index in [0.29, 0.717) is 17.6 Å². The van der Waals surface area contributed by atoms with Crippen molar-refractivity contribution in [1.82, 2.24) is 19.9 Å². The van der Waals surface area contributed by atoms with Crippen LogP contribution < -0.4 is 5.32 Å². The standard InChI is InChI=1S/C10H8ClN5O/c1-2-3-4-6(17)14-10-15-8(11)7-9(16-10)13-5-12-7/h1,5H,3-4H2,(H2,12,13,14,15,16,17). The van der Waals surface area contributed by atoms with Crippen LogP contribution in [0.1, 0.15) is 12.8 Å². The zero-order chi connectivity index (χ0) is 12.3. The minimum atomic E-state index is -0.256. The lowest BCUT2D eigenvalue weighted by Crippen LogP contribution is -2.13. The van der Waals surface area contributed by atoms with Crippen LogP contribution in [0.25, 0.3) is 11.2 Å². The van der Waals surface area contributed by atoms with Crippen molar-refractivity contribution in [3.8, 4) is 12.3 Å². The van der Waals surface area contributed by atoms with E-state index in [4.69, 9.17) is 18.0 Å². The second-order valence-electron chi connectivity index (χ2n) is 3.19. The third kappa shape index (κ3) is 2.52. The van der Waals surface area contributed by atoms with Crippen molar-refractivity contribution in [1.29, 1.82) is 0 Å². The molecule has 0 aliphatic heterocycles. The molecule has 1 amide bonds. The number of aromatic nitrogens is 4. The molecule has 0 fully saturated rings. The fourth-order valence-electron chi connectivity index (χ4n) is 1.23. The largest absolute Gasteiger partial charge is 0.341 e. The van der Waals surface area contributed by atoms with Crippen LogP contribution in [-0.4, -0.2) is 25.8 Å². The fraction of sp³-hybridized carbons (Fsp3) is 0.200. The van der Waals surface area contributed by atoms with Gasteiger partial charge in [0.25, 0.3) is 0 Å². The summed E-state index contributed by atoms with van der Waals surface area (Å²) in [6, 6.07) is 0. The van der Waals surface area contributed by atoms with Gasteiger partial charge in [-0.15, -0.1) is 12.3 Å². The van der Waals surface area contributed by atoms with E-state index >= 15 is 0 Å². The van der Waals surface area contributed by atoms with E-state index in [9.17, 15) is 4.79 Å². The number of nitrogens with zero attached hydrogens (tertiary/aromatic N) is 3. The zero-order valence-electron chi connectivity index (χ0n) is 8.70. The average molecular weight is 250 g/mol. The molecule has 2 rings (SSSR count). The molecule has 0 unspecified atom stereocenters. The highest BCUT2D eigenvalue weighted by Gasteiger charge is 2.09. The van der Waals surface area contributed by atoms with Gasteiger partial charge in [-0.3, -0.25) is 10.1 Å². The maximum atomic E-state index is 11.4. The van der Waals surface area contributed by atoms with Crippen molar-refractivity contribution in [2.45, 2.75) is 12.8 Å². The molecule has 2 aromatic rings. The minimum Gasteiger partial charge on any atom is -0.341 e. The molecule has 2 aromatic heterocycles. The predicted octanol–water partition coefficient (Wildman–Crippen LogP) is 1.36. The van der Waals surface area contributed by atoms with Gasteiger partial charge in [-0.05, 0) is 0 Å². The van der Waals surface area contributed by atoms with Crippen molar-refractivity contribution in [3.63, 3.8) is 0 Å². The molecule has 6 nitrogen and oxygen atoms in total. The Morgan fingerprint density at radius 3 is 3.18 bits per heavy atom. The molecular weight excluding hydrogens is 242 g/mol. The molecule has 0 radical (unpaired) electrons. The predicted molar refractivity (Wildman–Crippen MR) is 63.4 cm³/mol. The van der Waals surface area contributed by atoms with Gasteiger partial charge in [0.15, 0.2) is 10.8 Å². The van der Waals surface area contributed by atoms with Gasteiger partial charge < -0.3 is 4.98 Å². The molecule has 2 heterocycles. The molecular formula is C10H8ClN5O. The van der Waals surface area contributed by atoms with Gasteiger partial charge in [0, 0.05) is 12.8 Å². The Labute approximate surface area is 102 Å². The minimum absolute atomic E-state index is 0.122. The van der Waals surface area contributed by atoms with E-state index in [-0.39, 0.29) is 23.4 Å². The Balaban J connectivity index is 2.19. The van der Waals surface area contributed by atoms with Crippen LogP contribution in [0.4, 0.5) is 5.95 Å². The first kappa shape index (κ1) is 11.4. The molecule has 0 saturated heterocycles. The third-order valence-electron chi connectivity index (χ3n) is 1.99. The normalized spacial score (nSPS) is 10.1. The zero-order valence-corrected chi connectivity index (χ0v) is 9.45. The number of carbonyl (C=O) groups excluding carboxylic acids is 1. The van der Waals surface area contributed by atoms with Crippen LogP contribution in [0.15, 0.2) is 6.33 Å². The molecule has 0 atom stereocenters. The maximum absolute atomic E-state index is 11.4. The molecule has 0 bridgehead atoms. The number of rotatable bonds is 3. The third-order valence-corrected chi connectivity index (χ3v) is 2.26. The number of hydrogen-bond acceptors (Lipinski definition) is 4. The van der Waals surface area contributed by atoms with E-state index in [2.05, 4.69) is 31.2 Å². The van der Waals surface area contributed by atoms with Gasteiger partial charge in [-0.2, -0.15) is 9.97 Å². The summed E-state index contributed by atoms with van der Waals surface area (Å²) >= 11 is 5.89. The number of imidazole rings is 1. The number of halogens is 1. The molecule has 0 aromatic carbocycles. The Morgan fingerprint density at radius 2 is 2.41 bits per heavy atom. The second-order valence-corrected chi connectivity index (χ2v) is 3.55. The number of carbonyl (C=O) groups is 1. The lowest BCUT2D eigenvalue weighted by Gasteiger charge is -2.02. The lowest BCUT2D eigenvalue weighted by molar-refractivity contribution is -0.116. The van der Waals surface area contributed by atoms with Crippen molar-refractivity contribution in [3.05, 3.63) is 11.5 Å². The highest BCUT2D eigenvalue weighted by molar-refractivity contribution is 6.33. The smallest absolute Gasteiger partial charge is 0.233 e. The van der Waals surface area contributed by atoms with E-state index in [1.54, 1.807) is 0 Å². The Morgan fingerprint density at radius 1 is 1.59 bits per heavy atom. The van der Waals surface area contributed by atoms with Gasteiger partial charge in [-0.25, -0.2) is 4.98 Å². The summed E-state index contributed by atoms with van der Waals surface area (Å²) in [6.07, 6.45) is 7.10. The topological polar surface area (TPSA) is 83.6 Å². The lowest BCUT2D eigenvalue weighted by atomic mass is 10.3. The fourth-order valence-corrected chi connectivity index (χ4v) is 1.45. The molecule has 0 spiro atoms. The number of anilines is 1. The van der Waals surface area contributed by atoms with Crippen molar-refractivity contribution in [2.75, 3.05) is 5.32 Å². The molecule has 7 heteroatoms. The highest BCUT2D eigenvalue weighted by atomic mass is 35.5.